The Kier molecular flexibility index (Phi) is 4.17. The molecule has 1 aromatic heterocycles. The first-order valence-electron chi connectivity index (χ1n) is 7.54. The van der Waals surface area contributed by atoms with Crippen molar-refractivity contribution in [2.75, 3.05) is 6.61 Å². The van der Waals surface area contributed by atoms with E-state index in [2.05, 4.69) is 26.1 Å². The molecule has 0 aliphatic carbocycles. The van der Waals surface area contributed by atoms with E-state index < -0.39 is 18.3 Å². The lowest BCUT2D eigenvalue weighted by molar-refractivity contribution is 0.00578. The van der Waals surface area contributed by atoms with Gasteiger partial charge in [0.15, 0.2) is 0 Å². The van der Waals surface area contributed by atoms with Crippen LogP contribution in [0, 0.1) is 0 Å². The number of hydrogen-bond donors (Lipinski definition) is 2. The molecule has 0 radical (unpaired) electrons. The van der Waals surface area contributed by atoms with E-state index >= 15 is 0 Å². The standard InChI is InChI=1S/C16H20BBrN2O3/c1-15(2)16(3,4)23-17(22-15)10(9-21)7-13-12-6-5-11(18)8-14(12)20-19-13/h5-8,21H,9H2,1-4H3,(H,19,20). The zero-order chi connectivity index (χ0) is 16.8. The van der Waals surface area contributed by atoms with Crippen LogP contribution >= 0.6 is 15.9 Å². The monoisotopic (exact) mass is 378 g/mol. The highest BCUT2D eigenvalue weighted by atomic mass is 79.9. The molecule has 7 heteroatoms. The zero-order valence-corrected chi connectivity index (χ0v) is 15.3. The molecule has 0 bridgehead atoms. The van der Waals surface area contributed by atoms with Crippen molar-refractivity contribution in [3.8, 4) is 0 Å². The highest BCUT2D eigenvalue weighted by Gasteiger charge is 2.52. The number of aromatic amines is 1. The molecule has 1 aliphatic heterocycles. The minimum absolute atomic E-state index is 0.145. The lowest BCUT2D eigenvalue weighted by Gasteiger charge is -2.32. The molecular formula is C16H20BBrN2O3. The number of halogens is 1. The first-order valence-corrected chi connectivity index (χ1v) is 8.33. The SMILES string of the molecule is CC1(C)OB(C(=Cc2[nH]nc3cc(Br)ccc23)CO)OC1(C)C. The van der Waals surface area contributed by atoms with Gasteiger partial charge < -0.3 is 14.4 Å². The van der Waals surface area contributed by atoms with Crippen molar-refractivity contribution < 1.29 is 14.4 Å². The predicted octanol–water partition coefficient (Wildman–Crippen LogP) is 3.33. The van der Waals surface area contributed by atoms with Crippen molar-refractivity contribution in [3.63, 3.8) is 0 Å². The van der Waals surface area contributed by atoms with Gasteiger partial charge in [-0.2, -0.15) is 5.10 Å². The van der Waals surface area contributed by atoms with Crippen LogP contribution in [0.3, 0.4) is 0 Å². The number of aliphatic hydroxyl groups is 1. The van der Waals surface area contributed by atoms with Gasteiger partial charge in [0, 0.05) is 9.86 Å². The average Bonchev–Trinajstić information content (AvgIpc) is 2.94. The van der Waals surface area contributed by atoms with Crippen LogP contribution in [-0.4, -0.2) is 40.2 Å². The van der Waals surface area contributed by atoms with Crippen LogP contribution in [0.15, 0.2) is 28.1 Å². The fraction of sp³-hybridized carbons (Fsp3) is 0.438. The number of benzene rings is 1. The van der Waals surface area contributed by atoms with E-state index in [1.165, 1.54) is 0 Å². The Labute approximate surface area is 144 Å². The third-order valence-corrected chi connectivity index (χ3v) is 5.11. The van der Waals surface area contributed by atoms with Gasteiger partial charge in [0.05, 0.1) is 29.0 Å². The minimum atomic E-state index is -0.571. The number of rotatable bonds is 3. The second-order valence-electron chi connectivity index (χ2n) is 6.76. The first-order chi connectivity index (χ1) is 10.7. The second kappa shape index (κ2) is 5.74. The Morgan fingerprint density at radius 2 is 1.96 bits per heavy atom. The summed E-state index contributed by atoms with van der Waals surface area (Å²) in [6, 6.07) is 5.88. The maximum absolute atomic E-state index is 9.77. The van der Waals surface area contributed by atoms with E-state index in [1.807, 2.05) is 52.0 Å². The molecule has 1 aromatic carbocycles. The molecule has 0 amide bonds. The molecule has 122 valence electrons. The van der Waals surface area contributed by atoms with E-state index in [0.717, 1.165) is 21.1 Å². The molecule has 0 atom stereocenters. The molecule has 2 aromatic rings. The number of fused-ring (bicyclic) bond motifs is 1. The summed E-state index contributed by atoms with van der Waals surface area (Å²) < 4.78 is 13.0. The molecule has 0 unspecified atom stereocenters. The van der Waals surface area contributed by atoms with Gasteiger partial charge >= 0.3 is 7.12 Å². The molecule has 1 saturated heterocycles. The van der Waals surface area contributed by atoms with Gasteiger partial charge in [0.2, 0.25) is 0 Å². The van der Waals surface area contributed by atoms with Crippen molar-refractivity contribution in [2.45, 2.75) is 38.9 Å². The number of aromatic nitrogens is 2. The quantitative estimate of drug-likeness (QED) is 0.804. The highest BCUT2D eigenvalue weighted by Crippen LogP contribution is 2.38. The van der Waals surface area contributed by atoms with Crippen LogP contribution in [0.5, 0.6) is 0 Å². The Bertz CT molecular complexity index is 754. The average molecular weight is 379 g/mol. The third kappa shape index (κ3) is 2.98. The minimum Gasteiger partial charge on any atom is -0.400 e. The Balaban J connectivity index is 1.96. The van der Waals surface area contributed by atoms with E-state index in [9.17, 15) is 5.11 Å². The lowest BCUT2D eigenvalue weighted by atomic mass is 9.78. The molecule has 1 fully saturated rings. The fourth-order valence-corrected chi connectivity index (χ4v) is 2.83. The van der Waals surface area contributed by atoms with Crippen LogP contribution in [-0.2, 0) is 9.31 Å². The van der Waals surface area contributed by atoms with Crippen LogP contribution in [0.4, 0.5) is 0 Å². The van der Waals surface area contributed by atoms with Crippen molar-refractivity contribution in [1.82, 2.24) is 10.2 Å². The van der Waals surface area contributed by atoms with Crippen molar-refractivity contribution in [3.05, 3.63) is 33.8 Å². The van der Waals surface area contributed by atoms with Gasteiger partial charge in [-0.15, -0.1) is 0 Å². The Morgan fingerprint density at radius 3 is 2.57 bits per heavy atom. The smallest absolute Gasteiger partial charge is 0.400 e. The number of nitrogens with one attached hydrogen (secondary N) is 1. The van der Waals surface area contributed by atoms with Crippen molar-refractivity contribution in [1.29, 1.82) is 0 Å². The van der Waals surface area contributed by atoms with Gasteiger partial charge in [-0.05, 0) is 57.4 Å². The van der Waals surface area contributed by atoms with Crippen molar-refractivity contribution in [2.24, 2.45) is 0 Å². The Morgan fingerprint density at radius 1 is 1.30 bits per heavy atom. The number of H-pyrrole nitrogens is 1. The molecular weight excluding hydrogens is 359 g/mol. The topological polar surface area (TPSA) is 67.4 Å². The molecule has 23 heavy (non-hydrogen) atoms. The number of hydrogen-bond acceptors (Lipinski definition) is 4. The van der Waals surface area contributed by atoms with Gasteiger partial charge in [-0.1, -0.05) is 15.9 Å². The normalized spacial score (nSPS) is 20.4. The van der Waals surface area contributed by atoms with Crippen LogP contribution in [0.1, 0.15) is 33.4 Å². The molecule has 3 rings (SSSR count). The summed E-state index contributed by atoms with van der Waals surface area (Å²) >= 11 is 3.44. The van der Waals surface area contributed by atoms with E-state index in [-0.39, 0.29) is 6.61 Å². The van der Waals surface area contributed by atoms with Crippen LogP contribution < -0.4 is 0 Å². The molecule has 0 saturated carbocycles. The summed E-state index contributed by atoms with van der Waals surface area (Å²) in [5, 5.41) is 18.0. The highest BCUT2D eigenvalue weighted by molar-refractivity contribution is 9.10. The van der Waals surface area contributed by atoms with Gasteiger partial charge in [0.1, 0.15) is 0 Å². The van der Waals surface area contributed by atoms with Gasteiger partial charge in [0.25, 0.3) is 0 Å². The summed E-state index contributed by atoms with van der Waals surface area (Å²) in [4.78, 5) is 0. The molecule has 2 N–H and O–H groups in total. The van der Waals surface area contributed by atoms with Gasteiger partial charge in [-0.3, -0.25) is 5.10 Å². The lowest BCUT2D eigenvalue weighted by Crippen LogP contribution is -2.41. The first kappa shape index (κ1) is 16.7. The van der Waals surface area contributed by atoms with E-state index in [4.69, 9.17) is 9.31 Å². The van der Waals surface area contributed by atoms with E-state index in [0.29, 0.717) is 5.47 Å². The maximum atomic E-state index is 9.77. The van der Waals surface area contributed by atoms with Crippen molar-refractivity contribution >= 4 is 40.0 Å². The van der Waals surface area contributed by atoms with Crippen LogP contribution in [0.25, 0.3) is 17.0 Å². The summed E-state index contributed by atoms with van der Waals surface area (Å²) in [5.41, 5.74) is 1.47. The Hall–Kier alpha value is -1.15. The van der Waals surface area contributed by atoms with Crippen LogP contribution in [0.2, 0.25) is 0 Å². The number of aliphatic hydroxyl groups excluding tert-OH is 1. The predicted molar refractivity (Wildman–Crippen MR) is 94.9 cm³/mol. The third-order valence-electron chi connectivity index (χ3n) is 4.62. The molecule has 2 heterocycles. The summed E-state index contributed by atoms with van der Waals surface area (Å²) in [6.07, 6.45) is 1.85. The summed E-state index contributed by atoms with van der Waals surface area (Å²) in [7, 11) is -0.571. The maximum Gasteiger partial charge on any atom is 0.492 e. The molecule has 1 aliphatic rings. The summed E-state index contributed by atoms with van der Waals surface area (Å²) in [5.74, 6) is 0. The second-order valence-corrected chi connectivity index (χ2v) is 7.68. The van der Waals surface area contributed by atoms with Gasteiger partial charge in [-0.25, -0.2) is 0 Å². The number of nitrogens with zero attached hydrogens (tertiary/aromatic N) is 1. The molecule has 0 spiro atoms. The molecule has 5 nitrogen and oxygen atoms in total. The largest absolute Gasteiger partial charge is 0.492 e. The van der Waals surface area contributed by atoms with E-state index in [1.54, 1.807) is 0 Å². The fourth-order valence-electron chi connectivity index (χ4n) is 2.48. The summed E-state index contributed by atoms with van der Waals surface area (Å²) in [6.45, 7) is 7.82. The zero-order valence-electron chi connectivity index (χ0n) is 13.7.